The largest absolute Gasteiger partial charge is 0.463 e. The molecule has 1 atom stereocenters. The SMILES string of the molecule is CCCCCCCCCCCC(=O)OCCOCCOCCOCCOCCOCCCCCC(=O)Nc1cccc2c1C(=O)N(C1CCC(=O)NC1=O)C2=O. The molecule has 2 heterocycles. The number of anilines is 1. The van der Waals surface area contributed by atoms with Crippen LogP contribution in [0, 0.1) is 0 Å². The third-order valence-corrected chi connectivity index (χ3v) is 9.40. The molecule has 1 saturated heterocycles. The van der Waals surface area contributed by atoms with E-state index in [9.17, 15) is 28.8 Å². The van der Waals surface area contributed by atoms with E-state index in [1.807, 2.05) is 0 Å². The predicted molar refractivity (Wildman–Crippen MR) is 207 cm³/mol. The molecule has 2 aliphatic heterocycles. The minimum atomic E-state index is -1.07. The number of carbonyl (C=O) groups is 6. The van der Waals surface area contributed by atoms with Crippen LogP contribution >= 0.6 is 0 Å². The van der Waals surface area contributed by atoms with Crippen LogP contribution in [0.3, 0.4) is 0 Å². The van der Waals surface area contributed by atoms with E-state index in [0.29, 0.717) is 78.9 Å². The van der Waals surface area contributed by atoms with Crippen LogP contribution in [-0.2, 0) is 47.6 Å². The van der Waals surface area contributed by atoms with Crippen molar-refractivity contribution in [3.8, 4) is 0 Å². The van der Waals surface area contributed by atoms with Gasteiger partial charge in [0.1, 0.15) is 12.6 Å². The summed E-state index contributed by atoms with van der Waals surface area (Å²) in [6.07, 6.45) is 13.9. The molecule has 0 saturated carbocycles. The molecule has 2 aliphatic rings. The second-order valence-electron chi connectivity index (χ2n) is 13.9. The van der Waals surface area contributed by atoms with E-state index >= 15 is 0 Å². The van der Waals surface area contributed by atoms with Crippen LogP contribution < -0.4 is 10.6 Å². The second-order valence-corrected chi connectivity index (χ2v) is 13.9. The summed E-state index contributed by atoms with van der Waals surface area (Å²) in [5, 5.41) is 4.91. The Balaban J connectivity index is 1.05. The number of esters is 1. The lowest BCUT2D eigenvalue weighted by Crippen LogP contribution is -2.54. The minimum absolute atomic E-state index is 0.0290. The van der Waals surface area contributed by atoms with Crippen molar-refractivity contribution < 1.29 is 57.2 Å². The summed E-state index contributed by atoms with van der Waals surface area (Å²) in [7, 11) is 0. The Morgan fingerprint density at radius 3 is 1.80 bits per heavy atom. The number of amides is 5. The predicted octanol–water partition coefficient (Wildman–Crippen LogP) is 5.13. The first kappa shape index (κ1) is 46.6. The summed E-state index contributed by atoms with van der Waals surface area (Å²) < 4.78 is 32.8. The zero-order chi connectivity index (χ0) is 40.2. The normalized spacial score (nSPS) is 15.3. The molecule has 0 spiro atoms. The van der Waals surface area contributed by atoms with Crippen LogP contribution in [-0.4, -0.2) is 119 Å². The molecule has 314 valence electrons. The van der Waals surface area contributed by atoms with E-state index in [2.05, 4.69) is 17.6 Å². The van der Waals surface area contributed by atoms with Crippen LogP contribution in [0.15, 0.2) is 18.2 Å². The average molecular weight is 790 g/mol. The average Bonchev–Trinajstić information content (AvgIpc) is 3.43. The number of ether oxygens (including phenoxy) is 6. The molecule has 2 N–H and O–H groups in total. The molecule has 15 nitrogen and oxygen atoms in total. The van der Waals surface area contributed by atoms with E-state index < -0.39 is 29.7 Å². The van der Waals surface area contributed by atoms with Crippen molar-refractivity contribution in [1.29, 1.82) is 0 Å². The standard InChI is InChI=1S/C41H63N3O12/c1-2-3-4-5-6-7-8-9-12-18-37(47)56-31-30-55-29-28-54-27-26-53-25-24-52-23-22-51-21-13-10-11-17-35(45)42-33-16-14-15-32-38(33)41(50)44(40(32)49)34-19-20-36(46)43-39(34)48/h14-16,34H,2-13,17-31H2,1H3,(H,42,45)(H,43,46,48). The van der Waals surface area contributed by atoms with Gasteiger partial charge in [-0.15, -0.1) is 0 Å². The number of nitrogens with zero attached hydrogens (tertiary/aromatic N) is 1. The number of imide groups is 2. The number of piperidine rings is 1. The molecule has 56 heavy (non-hydrogen) atoms. The molecule has 5 amide bonds. The number of carbonyl (C=O) groups excluding carboxylic acids is 6. The third-order valence-electron chi connectivity index (χ3n) is 9.40. The molecule has 1 unspecified atom stereocenters. The number of rotatable bonds is 33. The zero-order valence-electron chi connectivity index (χ0n) is 33.2. The second kappa shape index (κ2) is 28.6. The van der Waals surface area contributed by atoms with Crippen LogP contribution in [0.5, 0.6) is 0 Å². The Kier molecular flexibility index (Phi) is 23.8. The van der Waals surface area contributed by atoms with Crippen LogP contribution in [0.25, 0.3) is 0 Å². The number of hydrogen-bond acceptors (Lipinski definition) is 12. The summed E-state index contributed by atoms with van der Waals surface area (Å²) in [4.78, 5) is 75.3. The summed E-state index contributed by atoms with van der Waals surface area (Å²) in [5.41, 5.74) is 0.384. The van der Waals surface area contributed by atoms with Gasteiger partial charge in [-0.05, 0) is 37.8 Å². The molecule has 1 aromatic rings. The van der Waals surface area contributed by atoms with Gasteiger partial charge in [0, 0.05) is 25.9 Å². The van der Waals surface area contributed by atoms with E-state index in [1.165, 1.54) is 51.0 Å². The number of unbranched alkanes of at least 4 members (excludes halogenated alkanes) is 10. The Bertz CT molecular complexity index is 1370. The Hall–Kier alpha value is -3.76. The van der Waals surface area contributed by atoms with Crippen molar-refractivity contribution in [2.45, 2.75) is 116 Å². The third kappa shape index (κ3) is 18.0. The van der Waals surface area contributed by atoms with Gasteiger partial charge < -0.3 is 33.7 Å². The lowest BCUT2D eigenvalue weighted by Gasteiger charge is -2.27. The minimum Gasteiger partial charge on any atom is -0.463 e. The van der Waals surface area contributed by atoms with E-state index in [4.69, 9.17) is 28.4 Å². The Morgan fingerprint density at radius 1 is 0.661 bits per heavy atom. The smallest absolute Gasteiger partial charge is 0.305 e. The molecule has 0 bridgehead atoms. The van der Waals surface area contributed by atoms with E-state index in [-0.39, 0.29) is 54.6 Å². The van der Waals surface area contributed by atoms with Gasteiger partial charge >= 0.3 is 5.97 Å². The molecular weight excluding hydrogens is 726 g/mol. The van der Waals surface area contributed by atoms with Crippen LogP contribution in [0.1, 0.15) is 130 Å². The topological polar surface area (TPSA) is 185 Å². The van der Waals surface area contributed by atoms with Crippen molar-refractivity contribution >= 4 is 41.2 Å². The maximum atomic E-state index is 13.2. The molecular formula is C41H63N3O12. The van der Waals surface area contributed by atoms with Crippen LogP contribution in [0.4, 0.5) is 5.69 Å². The number of nitrogens with one attached hydrogen (secondary N) is 2. The highest BCUT2D eigenvalue weighted by molar-refractivity contribution is 6.26. The molecule has 1 aromatic carbocycles. The van der Waals surface area contributed by atoms with Gasteiger partial charge in [0.05, 0.1) is 76.3 Å². The maximum absolute atomic E-state index is 13.2. The van der Waals surface area contributed by atoms with Gasteiger partial charge in [0.15, 0.2) is 0 Å². The fourth-order valence-electron chi connectivity index (χ4n) is 6.35. The fraction of sp³-hybridized carbons (Fsp3) is 0.707. The van der Waals surface area contributed by atoms with Gasteiger partial charge in [0.2, 0.25) is 17.7 Å². The molecule has 0 radical (unpaired) electrons. The van der Waals surface area contributed by atoms with Gasteiger partial charge in [-0.3, -0.25) is 39.0 Å². The molecule has 15 heteroatoms. The van der Waals surface area contributed by atoms with Crippen LogP contribution in [0.2, 0.25) is 0 Å². The zero-order valence-corrected chi connectivity index (χ0v) is 33.2. The van der Waals surface area contributed by atoms with E-state index in [1.54, 1.807) is 12.1 Å². The molecule has 3 rings (SSSR count). The van der Waals surface area contributed by atoms with Crippen molar-refractivity contribution in [2.75, 3.05) is 78.0 Å². The Labute approximate surface area is 331 Å². The van der Waals surface area contributed by atoms with Gasteiger partial charge in [-0.25, -0.2) is 0 Å². The summed E-state index contributed by atoms with van der Waals surface area (Å²) >= 11 is 0. The number of fused-ring (bicyclic) bond motifs is 1. The van der Waals surface area contributed by atoms with Gasteiger partial charge in [-0.2, -0.15) is 0 Å². The van der Waals surface area contributed by atoms with Gasteiger partial charge in [0.25, 0.3) is 11.8 Å². The van der Waals surface area contributed by atoms with Crippen molar-refractivity contribution in [3.05, 3.63) is 29.3 Å². The summed E-state index contributed by atoms with van der Waals surface area (Å²) in [6.45, 7) is 6.91. The molecule has 0 aliphatic carbocycles. The summed E-state index contributed by atoms with van der Waals surface area (Å²) in [6, 6.07) is 3.53. The first-order valence-electron chi connectivity index (χ1n) is 20.5. The van der Waals surface area contributed by atoms with Crippen molar-refractivity contribution in [3.63, 3.8) is 0 Å². The molecule has 1 fully saturated rings. The molecule has 0 aromatic heterocycles. The number of hydrogen-bond donors (Lipinski definition) is 2. The quantitative estimate of drug-likeness (QED) is 0.0544. The van der Waals surface area contributed by atoms with Crippen molar-refractivity contribution in [2.24, 2.45) is 0 Å². The lowest BCUT2D eigenvalue weighted by atomic mass is 10.0. The highest BCUT2D eigenvalue weighted by atomic mass is 16.6. The monoisotopic (exact) mass is 789 g/mol. The Morgan fingerprint density at radius 2 is 1.20 bits per heavy atom. The highest BCUT2D eigenvalue weighted by Gasteiger charge is 2.45. The summed E-state index contributed by atoms with van der Waals surface area (Å²) in [5.74, 6) is -2.87. The van der Waals surface area contributed by atoms with E-state index in [0.717, 1.165) is 30.6 Å². The van der Waals surface area contributed by atoms with Crippen molar-refractivity contribution in [1.82, 2.24) is 10.2 Å². The maximum Gasteiger partial charge on any atom is 0.305 e. The number of benzene rings is 1. The highest BCUT2D eigenvalue weighted by Crippen LogP contribution is 2.32. The first-order chi connectivity index (χ1) is 27.3. The lowest BCUT2D eigenvalue weighted by molar-refractivity contribution is -0.145. The first-order valence-corrected chi connectivity index (χ1v) is 20.5. The fourth-order valence-corrected chi connectivity index (χ4v) is 6.35. The van der Waals surface area contributed by atoms with Gasteiger partial charge in [-0.1, -0.05) is 70.8 Å².